The second-order valence-corrected chi connectivity index (χ2v) is 7.23. The first-order valence-corrected chi connectivity index (χ1v) is 8.05. The van der Waals surface area contributed by atoms with Gasteiger partial charge in [-0.25, -0.2) is 4.39 Å². The van der Waals surface area contributed by atoms with E-state index in [9.17, 15) is 0 Å². The van der Waals surface area contributed by atoms with E-state index in [1.54, 1.807) is 0 Å². The van der Waals surface area contributed by atoms with Crippen LogP contribution < -0.4 is 0 Å². The molecule has 2 atom stereocenters. The summed E-state index contributed by atoms with van der Waals surface area (Å²) >= 11 is 0. The number of nitrogens with zero attached hydrogens (tertiary/aromatic N) is 1. The Balaban J connectivity index is 2.31. The fourth-order valence-corrected chi connectivity index (χ4v) is 3.82. The molecule has 2 heterocycles. The SMILES string of the molecule is CC(C)C1=C(C(C)C)[C@]2(CCN(C(C)C)C[C@@H]2F)OC1. The molecule has 0 aromatic heterocycles. The topological polar surface area (TPSA) is 12.5 Å². The van der Waals surface area contributed by atoms with Crippen LogP contribution in [0.4, 0.5) is 4.39 Å². The third kappa shape index (κ3) is 2.55. The van der Waals surface area contributed by atoms with Crippen molar-refractivity contribution in [2.24, 2.45) is 11.8 Å². The van der Waals surface area contributed by atoms with E-state index in [1.165, 1.54) is 11.1 Å². The highest BCUT2D eigenvalue weighted by Gasteiger charge is 2.52. The third-order valence-electron chi connectivity index (χ3n) is 4.96. The average molecular weight is 283 g/mol. The highest BCUT2D eigenvalue weighted by Crippen LogP contribution is 2.46. The van der Waals surface area contributed by atoms with Crippen LogP contribution >= 0.6 is 0 Å². The maximum absolute atomic E-state index is 15.0. The highest BCUT2D eigenvalue weighted by molar-refractivity contribution is 5.35. The zero-order chi connectivity index (χ0) is 15.1. The normalized spacial score (nSPS) is 32.4. The van der Waals surface area contributed by atoms with Crippen molar-refractivity contribution < 1.29 is 9.13 Å². The molecule has 2 nitrogen and oxygen atoms in total. The van der Waals surface area contributed by atoms with Gasteiger partial charge in [0.1, 0.15) is 11.8 Å². The molecule has 0 N–H and O–H groups in total. The summed E-state index contributed by atoms with van der Waals surface area (Å²) in [6.45, 7) is 15.1. The molecule has 0 aromatic rings. The van der Waals surface area contributed by atoms with Gasteiger partial charge < -0.3 is 4.74 Å². The van der Waals surface area contributed by atoms with Crippen molar-refractivity contribution in [1.29, 1.82) is 0 Å². The largest absolute Gasteiger partial charge is 0.363 e. The van der Waals surface area contributed by atoms with Crippen LogP contribution in [0.3, 0.4) is 0 Å². The lowest BCUT2D eigenvalue weighted by Gasteiger charge is -2.45. The minimum atomic E-state index is -0.910. The Kier molecular flexibility index (Phi) is 4.60. The van der Waals surface area contributed by atoms with E-state index in [0.29, 0.717) is 31.0 Å². The number of ether oxygens (including phenoxy) is 1. The number of likely N-dealkylation sites (tertiary alicyclic amines) is 1. The molecule has 1 fully saturated rings. The van der Waals surface area contributed by atoms with Crippen LogP contribution in [0.1, 0.15) is 48.0 Å². The molecule has 0 amide bonds. The molecule has 0 saturated carbocycles. The Morgan fingerprint density at radius 2 is 1.80 bits per heavy atom. The van der Waals surface area contributed by atoms with Crippen LogP contribution in [0.15, 0.2) is 11.1 Å². The number of piperidine rings is 1. The second-order valence-electron chi connectivity index (χ2n) is 7.23. The average Bonchev–Trinajstić information content (AvgIpc) is 2.73. The maximum atomic E-state index is 15.0. The molecule has 0 radical (unpaired) electrons. The predicted molar refractivity (Wildman–Crippen MR) is 81.6 cm³/mol. The number of alkyl halides is 1. The Morgan fingerprint density at radius 3 is 2.25 bits per heavy atom. The molecule has 1 spiro atoms. The molecule has 20 heavy (non-hydrogen) atoms. The molecule has 116 valence electrons. The van der Waals surface area contributed by atoms with Crippen molar-refractivity contribution in [2.75, 3.05) is 19.7 Å². The van der Waals surface area contributed by atoms with Gasteiger partial charge in [-0.3, -0.25) is 4.90 Å². The lowest BCUT2D eigenvalue weighted by Crippen LogP contribution is -2.56. The van der Waals surface area contributed by atoms with E-state index in [-0.39, 0.29) is 0 Å². The van der Waals surface area contributed by atoms with Crippen molar-refractivity contribution in [2.45, 2.75) is 65.8 Å². The Hall–Kier alpha value is -0.410. The summed E-state index contributed by atoms with van der Waals surface area (Å²) in [5.41, 5.74) is 1.95. The molecule has 2 rings (SSSR count). The summed E-state index contributed by atoms with van der Waals surface area (Å²) < 4.78 is 21.1. The molecule has 3 heteroatoms. The van der Waals surface area contributed by atoms with Gasteiger partial charge in [0.05, 0.1) is 6.61 Å². The van der Waals surface area contributed by atoms with Crippen molar-refractivity contribution >= 4 is 0 Å². The summed E-state index contributed by atoms with van der Waals surface area (Å²) in [6, 6.07) is 0.406. The Labute approximate surface area is 123 Å². The molecule has 0 aromatic carbocycles. The zero-order valence-electron chi connectivity index (χ0n) is 13.9. The summed E-state index contributed by atoms with van der Waals surface area (Å²) in [4.78, 5) is 2.23. The smallest absolute Gasteiger partial charge is 0.145 e. The lowest BCUT2D eigenvalue weighted by molar-refractivity contribution is -0.0940. The standard InChI is InChI=1S/C17H30FNO/c1-11(2)14-10-20-17(16(14)12(3)4)7-8-19(13(5)6)9-15(17)18/h11-13,15H,7-10H2,1-6H3/t15-,17+/m0/s1. The first-order valence-electron chi connectivity index (χ1n) is 8.05. The molecule has 0 bridgehead atoms. The Morgan fingerprint density at radius 1 is 1.15 bits per heavy atom. The van der Waals surface area contributed by atoms with E-state index in [1.807, 2.05) is 0 Å². The molecule has 0 unspecified atom stereocenters. The van der Waals surface area contributed by atoms with Gasteiger partial charge in [-0.05, 0) is 43.3 Å². The first kappa shape index (κ1) is 16.0. The number of halogens is 1. The van der Waals surface area contributed by atoms with Crippen LogP contribution in [-0.2, 0) is 4.74 Å². The van der Waals surface area contributed by atoms with Crippen LogP contribution in [0.25, 0.3) is 0 Å². The Bertz CT molecular complexity index is 388. The maximum Gasteiger partial charge on any atom is 0.145 e. The predicted octanol–water partition coefficient (Wildman–Crippen LogP) is 3.82. The van der Waals surface area contributed by atoms with Crippen molar-refractivity contribution in [3.05, 3.63) is 11.1 Å². The van der Waals surface area contributed by atoms with Gasteiger partial charge in [0.25, 0.3) is 0 Å². The van der Waals surface area contributed by atoms with Gasteiger partial charge >= 0.3 is 0 Å². The highest BCUT2D eigenvalue weighted by atomic mass is 19.1. The summed E-state index contributed by atoms with van der Waals surface area (Å²) in [7, 11) is 0. The van der Waals surface area contributed by atoms with E-state index >= 15 is 4.39 Å². The first-order chi connectivity index (χ1) is 9.29. The van der Waals surface area contributed by atoms with Gasteiger partial charge in [0, 0.05) is 19.1 Å². The number of hydrogen-bond donors (Lipinski definition) is 0. The van der Waals surface area contributed by atoms with Crippen LogP contribution in [0.2, 0.25) is 0 Å². The number of rotatable bonds is 3. The molecular weight excluding hydrogens is 253 g/mol. The van der Waals surface area contributed by atoms with Crippen LogP contribution in [0, 0.1) is 11.8 Å². The molecule has 1 saturated heterocycles. The fraction of sp³-hybridized carbons (Fsp3) is 0.882. The van der Waals surface area contributed by atoms with Gasteiger partial charge in [-0.1, -0.05) is 27.7 Å². The minimum absolute atomic E-state index is 0.360. The van der Waals surface area contributed by atoms with Crippen molar-refractivity contribution in [3.63, 3.8) is 0 Å². The van der Waals surface area contributed by atoms with E-state index in [0.717, 1.165) is 13.0 Å². The van der Waals surface area contributed by atoms with Gasteiger partial charge in [-0.15, -0.1) is 0 Å². The number of hydrogen-bond acceptors (Lipinski definition) is 2. The molecule has 0 aliphatic carbocycles. The lowest BCUT2D eigenvalue weighted by atomic mass is 9.75. The van der Waals surface area contributed by atoms with E-state index in [4.69, 9.17) is 4.74 Å². The molecular formula is C17H30FNO. The van der Waals surface area contributed by atoms with E-state index < -0.39 is 11.8 Å². The molecule has 2 aliphatic rings. The van der Waals surface area contributed by atoms with Crippen LogP contribution in [0.5, 0.6) is 0 Å². The van der Waals surface area contributed by atoms with Crippen molar-refractivity contribution in [1.82, 2.24) is 4.90 Å². The second kappa shape index (κ2) is 5.76. The monoisotopic (exact) mass is 283 g/mol. The summed E-state index contributed by atoms with van der Waals surface area (Å²) in [5, 5.41) is 0. The summed E-state index contributed by atoms with van der Waals surface area (Å²) in [5.74, 6) is 0.806. The van der Waals surface area contributed by atoms with Gasteiger partial charge in [-0.2, -0.15) is 0 Å². The zero-order valence-corrected chi connectivity index (χ0v) is 13.9. The minimum Gasteiger partial charge on any atom is -0.363 e. The van der Waals surface area contributed by atoms with Gasteiger partial charge in [0.2, 0.25) is 0 Å². The van der Waals surface area contributed by atoms with Gasteiger partial charge in [0.15, 0.2) is 0 Å². The quantitative estimate of drug-likeness (QED) is 0.730. The fourth-order valence-electron chi connectivity index (χ4n) is 3.82. The van der Waals surface area contributed by atoms with Crippen molar-refractivity contribution in [3.8, 4) is 0 Å². The summed E-state index contributed by atoms with van der Waals surface area (Å²) in [6.07, 6.45) is -0.122. The van der Waals surface area contributed by atoms with E-state index in [2.05, 4.69) is 46.4 Å². The molecule has 2 aliphatic heterocycles. The third-order valence-corrected chi connectivity index (χ3v) is 4.96. The van der Waals surface area contributed by atoms with Crippen LogP contribution in [-0.4, -0.2) is 42.4 Å².